The van der Waals surface area contributed by atoms with Gasteiger partial charge in [0.25, 0.3) is 0 Å². The fourth-order valence-electron chi connectivity index (χ4n) is 2.21. The third-order valence-corrected chi connectivity index (χ3v) is 3.61. The highest BCUT2D eigenvalue weighted by atomic mass is 79.9. The van der Waals surface area contributed by atoms with Crippen LogP contribution in [0.4, 0.5) is 5.82 Å². The van der Waals surface area contributed by atoms with Gasteiger partial charge in [0, 0.05) is 23.8 Å². The van der Waals surface area contributed by atoms with E-state index < -0.39 is 0 Å². The standard InChI is InChI=1S/C12H18BrN3/c1-14-8-10-4-6-16(7-5-10)12-3-2-11(13)9-15-12/h2-3,9-10,14H,4-8H2,1H3. The van der Waals surface area contributed by atoms with E-state index in [-0.39, 0.29) is 0 Å². The predicted molar refractivity (Wildman–Crippen MR) is 70.8 cm³/mol. The Bertz CT molecular complexity index is 318. The van der Waals surface area contributed by atoms with E-state index in [0.29, 0.717) is 0 Å². The SMILES string of the molecule is CNCC1CCN(c2ccc(Br)cn2)CC1. The zero-order valence-electron chi connectivity index (χ0n) is 9.62. The Morgan fingerprint density at radius 1 is 1.44 bits per heavy atom. The number of halogens is 1. The van der Waals surface area contributed by atoms with Crippen molar-refractivity contribution in [3.63, 3.8) is 0 Å². The Morgan fingerprint density at radius 2 is 2.19 bits per heavy atom. The van der Waals surface area contributed by atoms with Gasteiger partial charge in [-0.3, -0.25) is 0 Å². The highest BCUT2D eigenvalue weighted by Crippen LogP contribution is 2.22. The molecule has 0 bridgehead atoms. The summed E-state index contributed by atoms with van der Waals surface area (Å²) in [4.78, 5) is 6.81. The van der Waals surface area contributed by atoms with E-state index in [4.69, 9.17) is 0 Å². The van der Waals surface area contributed by atoms with Gasteiger partial charge in [0.15, 0.2) is 0 Å². The topological polar surface area (TPSA) is 28.2 Å². The maximum absolute atomic E-state index is 4.44. The smallest absolute Gasteiger partial charge is 0.128 e. The number of pyridine rings is 1. The number of rotatable bonds is 3. The lowest BCUT2D eigenvalue weighted by Gasteiger charge is -2.32. The third-order valence-electron chi connectivity index (χ3n) is 3.14. The second kappa shape index (κ2) is 5.64. The first-order valence-corrected chi connectivity index (χ1v) is 6.60. The van der Waals surface area contributed by atoms with E-state index in [1.54, 1.807) is 0 Å². The number of nitrogens with zero attached hydrogens (tertiary/aromatic N) is 2. The average Bonchev–Trinajstić information content (AvgIpc) is 2.32. The molecule has 0 aliphatic carbocycles. The molecule has 4 heteroatoms. The number of hydrogen-bond acceptors (Lipinski definition) is 3. The Morgan fingerprint density at radius 3 is 2.75 bits per heavy atom. The molecule has 1 saturated heterocycles. The summed E-state index contributed by atoms with van der Waals surface area (Å²) in [6.45, 7) is 3.39. The molecule has 16 heavy (non-hydrogen) atoms. The minimum Gasteiger partial charge on any atom is -0.357 e. The van der Waals surface area contributed by atoms with Gasteiger partial charge in [-0.25, -0.2) is 4.98 Å². The van der Waals surface area contributed by atoms with Gasteiger partial charge >= 0.3 is 0 Å². The second-order valence-electron chi connectivity index (χ2n) is 4.32. The van der Waals surface area contributed by atoms with Crippen LogP contribution in [-0.4, -0.2) is 31.7 Å². The fraction of sp³-hybridized carbons (Fsp3) is 0.583. The van der Waals surface area contributed by atoms with Gasteiger partial charge in [-0.15, -0.1) is 0 Å². The normalized spacial score (nSPS) is 17.8. The number of hydrogen-bond donors (Lipinski definition) is 1. The van der Waals surface area contributed by atoms with Gasteiger partial charge in [-0.1, -0.05) is 0 Å². The summed E-state index contributed by atoms with van der Waals surface area (Å²) in [5, 5.41) is 3.26. The Hall–Kier alpha value is -0.610. The first-order chi connectivity index (χ1) is 7.79. The maximum Gasteiger partial charge on any atom is 0.128 e. The Labute approximate surface area is 105 Å². The summed E-state index contributed by atoms with van der Waals surface area (Å²) < 4.78 is 1.04. The molecule has 0 aromatic carbocycles. The van der Waals surface area contributed by atoms with Crippen LogP contribution in [0, 0.1) is 5.92 Å². The van der Waals surface area contributed by atoms with Crippen LogP contribution in [0.1, 0.15) is 12.8 Å². The molecular formula is C12H18BrN3. The Kier molecular flexibility index (Phi) is 4.18. The fourth-order valence-corrected chi connectivity index (χ4v) is 2.44. The first-order valence-electron chi connectivity index (χ1n) is 5.80. The quantitative estimate of drug-likeness (QED) is 0.923. The van der Waals surface area contributed by atoms with Crippen molar-refractivity contribution in [1.82, 2.24) is 10.3 Å². The molecule has 2 rings (SSSR count). The summed E-state index contributed by atoms with van der Waals surface area (Å²) >= 11 is 3.41. The van der Waals surface area contributed by atoms with Crippen LogP contribution < -0.4 is 10.2 Å². The van der Waals surface area contributed by atoms with Crippen molar-refractivity contribution in [3.8, 4) is 0 Å². The van der Waals surface area contributed by atoms with E-state index in [2.05, 4.69) is 43.3 Å². The molecule has 1 aliphatic heterocycles. The summed E-state index contributed by atoms with van der Waals surface area (Å²) in [6, 6.07) is 4.14. The van der Waals surface area contributed by atoms with Gasteiger partial charge < -0.3 is 10.2 Å². The molecule has 0 amide bonds. The molecular weight excluding hydrogens is 266 g/mol. The van der Waals surface area contributed by atoms with Gasteiger partial charge in [0.2, 0.25) is 0 Å². The van der Waals surface area contributed by atoms with Crippen molar-refractivity contribution in [2.45, 2.75) is 12.8 Å². The van der Waals surface area contributed by atoms with Crippen molar-refractivity contribution in [3.05, 3.63) is 22.8 Å². The molecule has 0 saturated carbocycles. The van der Waals surface area contributed by atoms with Crippen molar-refractivity contribution in [2.24, 2.45) is 5.92 Å². The minimum atomic E-state index is 0.830. The van der Waals surface area contributed by atoms with Crippen molar-refractivity contribution in [2.75, 3.05) is 31.6 Å². The highest BCUT2D eigenvalue weighted by Gasteiger charge is 2.19. The van der Waals surface area contributed by atoms with Gasteiger partial charge in [0.05, 0.1) is 0 Å². The lowest BCUT2D eigenvalue weighted by molar-refractivity contribution is 0.392. The number of piperidine rings is 1. The van der Waals surface area contributed by atoms with Crippen molar-refractivity contribution in [1.29, 1.82) is 0 Å². The number of anilines is 1. The molecule has 88 valence electrons. The van der Waals surface area contributed by atoms with Crippen LogP contribution in [0.3, 0.4) is 0 Å². The van der Waals surface area contributed by atoms with Gasteiger partial charge in [0.1, 0.15) is 5.82 Å². The third kappa shape index (κ3) is 2.95. The molecule has 1 N–H and O–H groups in total. The average molecular weight is 284 g/mol. The summed E-state index contributed by atoms with van der Waals surface area (Å²) in [5.74, 6) is 1.93. The predicted octanol–water partition coefficient (Wildman–Crippen LogP) is 2.28. The van der Waals surface area contributed by atoms with E-state index in [1.807, 2.05) is 13.2 Å². The van der Waals surface area contributed by atoms with Crippen LogP contribution in [0.2, 0.25) is 0 Å². The van der Waals surface area contributed by atoms with Gasteiger partial charge in [-0.05, 0) is 60.4 Å². The molecule has 0 atom stereocenters. The molecule has 0 radical (unpaired) electrons. The monoisotopic (exact) mass is 283 g/mol. The minimum absolute atomic E-state index is 0.830. The molecule has 3 nitrogen and oxygen atoms in total. The van der Waals surface area contributed by atoms with Crippen LogP contribution >= 0.6 is 15.9 Å². The number of aromatic nitrogens is 1. The summed E-state index contributed by atoms with van der Waals surface area (Å²) in [5.41, 5.74) is 0. The van der Waals surface area contributed by atoms with E-state index in [1.165, 1.54) is 12.8 Å². The molecule has 1 aromatic rings. The lowest BCUT2D eigenvalue weighted by atomic mass is 9.97. The molecule has 0 unspecified atom stereocenters. The van der Waals surface area contributed by atoms with Crippen LogP contribution in [-0.2, 0) is 0 Å². The largest absolute Gasteiger partial charge is 0.357 e. The molecule has 0 spiro atoms. The van der Waals surface area contributed by atoms with E-state index in [0.717, 1.165) is 35.8 Å². The summed E-state index contributed by atoms with van der Waals surface area (Å²) in [7, 11) is 2.03. The van der Waals surface area contributed by atoms with Crippen LogP contribution in [0.15, 0.2) is 22.8 Å². The van der Waals surface area contributed by atoms with Crippen molar-refractivity contribution < 1.29 is 0 Å². The second-order valence-corrected chi connectivity index (χ2v) is 5.24. The van der Waals surface area contributed by atoms with Crippen LogP contribution in [0.25, 0.3) is 0 Å². The first kappa shape index (κ1) is 11.9. The van der Waals surface area contributed by atoms with E-state index in [9.17, 15) is 0 Å². The molecule has 1 aliphatic rings. The molecule has 1 fully saturated rings. The number of nitrogens with one attached hydrogen (secondary N) is 1. The van der Waals surface area contributed by atoms with Gasteiger partial charge in [-0.2, -0.15) is 0 Å². The Balaban J connectivity index is 1.91. The maximum atomic E-state index is 4.44. The highest BCUT2D eigenvalue weighted by molar-refractivity contribution is 9.10. The van der Waals surface area contributed by atoms with Crippen LogP contribution in [0.5, 0.6) is 0 Å². The van der Waals surface area contributed by atoms with E-state index >= 15 is 0 Å². The zero-order valence-corrected chi connectivity index (χ0v) is 11.2. The molecule has 2 heterocycles. The zero-order chi connectivity index (χ0) is 11.4. The summed E-state index contributed by atoms with van der Waals surface area (Å²) in [6.07, 6.45) is 4.40. The lowest BCUT2D eigenvalue weighted by Crippen LogP contribution is -2.37. The van der Waals surface area contributed by atoms with Crippen molar-refractivity contribution >= 4 is 21.7 Å². The molecule has 1 aromatic heterocycles.